The third-order valence-electron chi connectivity index (χ3n) is 0.555. The average Bonchev–Trinajstić information content (AvgIpc) is 2.04. The van der Waals surface area contributed by atoms with Gasteiger partial charge in [-0.2, -0.15) is 0 Å². The molecule has 0 aromatic rings. The van der Waals surface area contributed by atoms with Crippen molar-refractivity contribution in [3.05, 3.63) is 0 Å². The van der Waals surface area contributed by atoms with E-state index in [1.165, 1.54) is 0 Å². The molecule has 0 atom stereocenters. The maximum atomic E-state index is 10.2. The molecule has 0 unspecified atom stereocenters. The van der Waals surface area contributed by atoms with Crippen LogP contribution in [0.2, 0.25) is 0 Å². The molecule has 0 aliphatic carbocycles. The summed E-state index contributed by atoms with van der Waals surface area (Å²) in [5.41, 5.74) is 0. The smallest absolute Gasteiger partial charge is 0.235 e. The fourth-order valence-corrected chi connectivity index (χ4v) is 0.337. The Hall–Kier alpha value is -0.280. The molecule has 0 aliphatic heterocycles. The van der Waals surface area contributed by atoms with Gasteiger partial charge in [-0.1, -0.05) is 13.8 Å². The first-order valence-electron chi connectivity index (χ1n) is 3.24. The summed E-state index contributed by atoms with van der Waals surface area (Å²) in [6.45, 7) is 4.24. The normalized spacial score (nSPS) is 7.60. The molecule has 0 saturated heterocycles. The van der Waals surface area contributed by atoms with Crippen LogP contribution in [0, 0.1) is 0 Å². The highest BCUT2D eigenvalue weighted by atomic mass is 35.5. The van der Waals surface area contributed by atoms with Crippen molar-refractivity contribution in [1.29, 1.82) is 0 Å². The Morgan fingerprint density at radius 3 is 2.40 bits per heavy atom. The molecule has 0 radical (unpaired) electrons. The lowest BCUT2D eigenvalue weighted by Gasteiger charge is -1.95. The predicted molar refractivity (Wildman–Crippen MR) is 42.2 cm³/mol. The van der Waals surface area contributed by atoms with Gasteiger partial charge in [-0.3, -0.25) is 4.79 Å². The lowest BCUT2D eigenvalue weighted by molar-refractivity contribution is -0.118. The van der Waals surface area contributed by atoms with Crippen molar-refractivity contribution < 1.29 is 9.90 Å². The molecule has 0 rings (SSSR count). The second-order valence-corrected chi connectivity index (χ2v) is 1.47. The number of hydrogen-bond acceptors (Lipinski definition) is 2. The van der Waals surface area contributed by atoms with Crippen molar-refractivity contribution in [2.24, 2.45) is 0 Å². The SMILES string of the molecule is CC.O=C(CCl)NCCO. The van der Waals surface area contributed by atoms with Gasteiger partial charge < -0.3 is 10.4 Å². The molecule has 2 N–H and O–H groups in total. The van der Waals surface area contributed by atoms with Gasteiger partial charge in [-0.25, -0.2) is 0 Å². The minimum absolute atomic E-state index is 0.0391. The number of halogens is 1. The standard InChI is InChI=1S/C4H8ClNO2.C2H6/c5-3-4(8)6-1-2-7;1-2/h7H,1-3H2,(H,6,8);1-2H3. The first-order chi connectivity index (χ1) is 4.81. The number of rotatable bonds is 3. The van der Waals surface area contributed by atoms with Crippen molar-refractivity contribution in [2.45, 2.75) is 13.8 Å². The fraction of sp³-hybridized carbons (Fsp3) is 0.833. The largest absolute Gasteiger partial charge is 0.395 e. The predicted octanol–water partition coefficient (Wildman–Crippen LogP) is 0.360. The Kier molecular flexibility index (Phi) is 14.3. The van der Waals surface area contributed by atoms with Gasteiger partial charge >= 0.3 is 0 Å². The third kappa shape index (κ3) is 10.7. The molecule has 0 bridgehead atoms. The van der Waals surface area contributed by atoms with E-state index >= 15 is 0 Å². The summed E-state index contributed by atoms with van der Waals surface area (Å²) in [6, 6.07) is 0. The van der Waals surface area contributed by atoms with Crippen molar-refractivity contribution in [1.82, 2.24) is 5.32 Å². The van der Waals surface area contributed by atoms with Crippen LogP contribution in [-0.4, -0.2) is 30.0 Å². The highest BCUT2D eigenvalue weighted by Crippen LogP contribution is 1.71. The highest BCUT2D eigenvalue weighted by molar-refractivity contribution is 6.27. The van der Waals surface area contributed by atoms with E-state index < -0.39 is 0 Å². The van der Waals surface area contributed by atoms with Crippen LogP contribution in [0.15, 0.2) is 0 Å². The van der Waals surface area contributed by atoms with Gasteiger partial charge in [0.2, 0.25) is 5.91 Å². The van der Waals surface area contributed by atoms with Crippen LogP contribution < -0.4 is 5.32 Å². The zero-order valence-corrected chi connectivity index (χ0v) is 7.11. The summed E-state index contributed by atoms with van der Waals surface area (Å²) in [7, 11) is 0. The zero-order valence-electron chi connectivity index (χ0n) is 6.35. The molecule has 3 nitrogen and oxygen atoms in total. The van der Waals surface area contributed by atoms with E-state index in [-0.39, 0.29) is 24.9 Å². The van der Waals surface area contributed by atoms with Crippen molar-refractivity contribution >= 4 is 17.5 Å². The Labute approximate surface area is 66.4 Å². The van der Waals surface area contributed by atoms with E-state index in [1.54, 1.807) is 0 Å². The Balaban J connectivity index is 0. The monoisotopic (exact) mass is 167 g/mol. The summed E-state index contributed by atoms with van der Waals surface area (Å²) in [5.74, 6) is -0.291. The quantitative estimate of drug-likeness (QED) is 0.597. The lowest BCUT2D eigenvalue weighted by atomic mass is 10.6. The van der Waals surface area contributed by atoms with Crippen LogP contribution in [0.3, 0.4) is 0 Å². The molecular formula is C6H14ClNO2. The number of nitrogens with one attached hydrogen (secondary N) is 1. The van der Waals surface area contributed by atoms with Gasteiger partial charge in [0, 0.05) is 6.54 Å². The lowest BCUT2D eigenvalue weighted by Crippen LogP contribution is -2.27. The number of alkyl halides is 1. The van der Waals surface area contributed by atoms with E-state index in [9.17, 15) is 4.79 Å². The highest BCUT2D eigenvalue weighted by Gasteiger charge is 1.92. The topological polar surface area (TPSA) is 49.3 Å². The van der Waals surface area contributed by atoms with Crippen molar-refractivity contribution in [3.63, 3.8) is 0 Å². The number of aliphatic hydroxyl groups is 1. The van der Waals surface area contributed by atoms with Gasteiger partial charge in [0.1, 0.15) is 5.88 Å². The van der Waals surface area contributed by atoms with Crippen LogP contribution in [0.5, 0.6) is 0 Å². The Bertz CT molecular complexity index is 78.1. The zero-order chi connectivity index (χ0) is 8.41. The first-order valence-corrected chi connectivity index (χ1v) is 3.78. The van der Waals surface area contributed by atoms with Gasteiger partial charge in [-0.15, -0.1) is 11.6 Å². The molecule has 0 heterocycles. The van der Waals surface area contributed by atoms with Gasteiger partial charge in [0.15, 0.2) is 0 Å². The van der Waals surface area contributed by atoms with Crippen LogP contribution in [-0.2, 0) is 4.79 Å². The molecule has 10 heavy (non-hydrogen) atoms. The molecule has 0 fully saturated rings. The van der Waals surface area contributed by atoms with Gasteiger partial charge in [0.05, 0.1) is 6.61 Å². The third-order valence-corrected chi connectivity index (χ3v) is 0.798. The number of carbonyl (C=O) groups excluding carboxylic acids is 1. The second-order valence-electron chi connectivity index (χ2n) is 1.21. The van der Waals surface area contributed by atoms with Crippen molar-refractivity contribution in [3.8, 4) is 0 Å². The van der Waals surface area contributed by atoms with E-state index in [0.717, 1.165) is 0 Å². The molecule has 0 spiro atoms. The van der Waals surface area contributed by atoms with Crippen LogP contribution in [0.25, 0.3) is 0 Å². The second kappa shape index (κ2) is 11.5. The van der Waals surface area contributed by atoms with Crippen molar-refractivity contribution in [2.75, 3.05) is 19.0 Å². The van der Waals surface area contributed by atoms with Gasteiger partial charge in [0.25, 0.3) is 0 Å². The minimum atomic E-state index is -0.249. The minimum Gasteiger partial charge on any atom is -0.395 e. The molecule has 0 aromatic carbocycles. The fourth-order valence-electron chi connectivity index (χ4n) is 0.243. The van der Waals surface area contributed by atoms with Crippen LogP contribution >= 0.6 is 11.6 Å². The summed E-state index contributed by atoms with van der Waals surface area (Å²) >= 11 is 5.09. The summed E-state index contributed by atoms with van der Waals surface area (Å²) in [5, 5.41) is 10.5. The summed E-state index contributed by atoms with van der Waals surface area (Å²) in [6.07, 6.45) is 0. The maximum Gasteiger partial charge on any atom is 0.235 e. The average molecular weight is 168 g/mol. The molecule has 4 heteroatoms. The van der Waals surface area contributed by atoms with Crippen LogP contribution in [0.1, 0.15) is 13.8 Å². The number of carbonyl (C=O) groups is 1. The van der Waals surface area contributed by atoms with E-state index in [0.29, 0.717) is 0 Å². The molecule has 1 amide bonds. The molecule has 62 valence electrons. The first kappa shape index (κ1) is 12.4. The summed E-state index contributed by atoms with van der Waals surface area (Å²) < 4.78 is 0. The van der Waals surface area contributed by atoms with E-state index in [1.807, 2.05) is 13.8 Å². The Morgan fingerprint density at radius 1 is 1.60 bits per heavy atom. The number of hydrogen-bond donors (Lipinski definition) is 2. The summed E-state index contributed by atoms with van der Waals surface area (Å²) in [4.78, 5) is 10.2. The molecule has 0 aromatic heterocycles. The van der Waals surface area contributed by atoms with Gasteiger partial charge in [-0.05, 0) is 0 Å². The van der Waals surface area contributed by atoms with E-state index in [2.05, 4.69) is 5.32 Å². The van der Waals surface area contributed by atoms with Crippen LogP contribution in [0.4, 0.5) is 0 Å². The molecule has 0 aliphatic rings. The Morgan fingerprint density at radius 2 is 2.10 bits per heavy atom. The molecule has 0 saturated carbocycles. The van der Waals surface area contributed by atoms with E-state index in [4.69, 9.17) is 16.7 Å². The number of amides is 1. The number of aliphatic hydroxyl groups excluding tert-OH is 1. The molecular weight excluding hydrogens is 154 g/mol. The maximum absolute atomic E-state index is 10.2.